The normalized spacial score (nSPS) is 20.6. The van der Waals surface area contributed by atoms with E-state index < -0.39 is 22.5 Å². The maximum Gasteiger partial charge on any atom is 0.238 e. The molecule has 1 aliphatic heterocycles. The molecule has 0 bridgehead atoms. The van der Waals surface area contributed by atoms with Gasteiger partial charge in [0.2, 0.25) is 5.91 Å². The third-order valence-corrected chi connectivity index (χ3v) is 6.10. The number of anilines is 1. The molecule has 0 spiro atoms. The number of rotatable bonds is 8. The first-order chi connectivity index (χ1) is 11.8. The Kier molecular flexibility index (Phi) is 6.95. The summed E-state index contributed by atoms with van der Waals surface area (Å²) in [5, 5.41) is 21.6. The van der Waals surface area contributed by atoms with Crippen LogP contribution in [0, 0.1) is 0 Å². The van der Waals surface area contributed by atoms with E-state index in [-0.39, 0.29) is 36.5 Å². The molecule has 140 valence electrons. The highest BCUT2D eigenvalue weighted by atomic mass is 32.2. The molecule has 3 N–H and O–H groups in total. The Balaban J connectivity index is 2.03. The van der Waals surface area contributed by atoms with E-state index in [0.29, 0.717) is 12.1 Å². The highest BCUT2D eigenvalue weighted by molar-refractivity contribution is 7.91. The van der Waals surface area contributed by atoms with Gasteiger partial charge in [0, 0.05) is 18.3 Å². The fourth-order valence-electron chi connectivity index (χ4n) is 2.99. The van der Waals surface area contributed by atoms with Crippen LogP contribution in [0.3, 0.4) is 0 Å². The van der Waals surface area contributed by atoms with Gasteiger partial charge in [-0.25, -0.2) is 8.42 Å². The van der Waals surface area contributed by atoms with Crippen molar-refractivity contribution < 1.29 is 23.4 Å². The van der Waals surface area contributed by atoms with Gasteiger partial charge in [-0.1, -0.05) is 19.1 Å². The molecule has 0 aromatic heterocycles. The molecule has 2 rings (SSSR count). The quantitative estimate of drug-likeness (QED) is 0.596. The van der Waals surface area contributed by atoms with Crippen molar-refractivity contribution in [3.63, 3.8) is 0 Å². The van der Waals surface area contributed by atoms with Crippen molar-refractivity contribution in [2.45, 2.75) is 31.9 Å². The molecular weight excluding hydrogens is 344 g/mol. The number of aliphatic hydroxyl groups is 2. The lowest BCUT2D eigenvalue weighted by Crippen LogP contribution is -2.46. The molecular formula is C17H26N2O5S. The average molecular weight is 370 g/mol. The molecule has 1 saturated heterocycles. The van der Waals surface area contributed by atoms with Crippen LogP contribution in [0.4, 0.5) is 5.69 Å². The molecule has 8 heteroatoms. The van der Waals surface area contributed by atoms with Crippen LogP contribution in [0.5, 0.6) is 0 Å². The van der Waals surface area contributed by atoms with E-state index >= 15 is 0 Å². The minimum absolute atomic E-state index is 0.0241. The Morgan fingerprint density at radius 2 is 2.20 bits per heavy atom. The van der Waals surface area contributed by atoms with Crippen LogP contribution >= 0.6 is 0 Å². The van der Waals surface area contributed by atoms with Gasteiger partial charge in [-0.3, -0.25) is 9.69 Å². The zero-order valence-electron chi connectivity index (χ0n) is 14.4. The van der Waals surface area contributed by atoms with Crippen LogP contribution in [0.25, 0.3) is 0 Å². The Morgan fingerprint density at radius 3 is 2.80 bits per heavy atom. The SMILES string of the molecule is CCc1cccc(NC(=O)CN(CC(O)CO)C2CCS(=O)(=O)C2)c1. The molecule has 0 aliphatic carbocycles. The topological polar surface area (TPSA) is 107 Å². The van der Waals surface area contributed by atoms with Gasteiger partial charge in [0.25, 0.3) is 0 Å². The number of carbonyl (C=O) groups is 1. The first-order valence-electron chi connectivity index (χ1n) is 8.45. The largest absolute Gasteiger partial charge is 0.394 e. The summed E-state index contributed by atoms with van der Waals surface area (Å²) in [6, 6.07) is 7.21. The van der Waals surface area contributed by atoms with Gasteiger partial charge in [0.15, 0.2) is 9.84 Å². The Bertz CT molecular complexity index is 692. The Labute approximate surface area is 148 Å². The van der Waals surface area contributed by atoms with Crippen LogP contribution in [0.2, 0.25) is 0 Å². The van der Waals surface area contributed by atoms with Crippen molar-refractivity contribution in [1.29, 1.82) is 0 Å². The molecule has 1 aromatic rings. The summed E-state index contributed by atoms with van der Waals surface area (Å²) in [7, 11) is -3.10. The van der Waals surface area contributed by atoms with Gasteiger partial charge in [-0.05, 0) is 30.5 Å². The predicted molar refractivity (Wildman–Crippen MR) is 96.2 cm³/mol. The number of carbonyl (C=O) groups excluding carboxylic acids is 1. The number of benzene rings is 1. The van der Waals surface area contributed by atoms with E-state index in [9.17, 15) is 18.3 Å². The molecule has 1 amide bonds. The second-order valence-corrected chi connectivity index (χ2v) is 8.65. The zero-order chi connectivity index (χ0) is 18.4. The van der Waals surface area contributed by atoms with Gasteiger partial charge < -0.3 is 15.5 Å². The van der Waals surface area contributed by atoms with Crippen molar-refractivity contribution >= 4 is 21.4 Å². The van der Waals surface area contributed by atoms with Crippen molar-refractivity contribution in [3.05, 3.63) is 29.8 Å². The Hall–Kier alpha value is -1.48. The van der Waals surface area contributed by atoms with E-state index in [2.05, 4.69) is 5.32 Å². The number of hydrogen-bond donors (Lipinski definition) is 3. The van der Waals surface area contributed by atoms with Gasteiger partial charge in [-0.2, -0.15) is 0 Å². The lowest BCUT2D eigenvalue weighted by Gasteiger charge is -2.29. The number of amides is 1. The molecule has 1 aliphatic rings. The first-order valence-corrected chi connectivity index (χ1v) is 10.3. The number of aryl methyl sites for hydroxylation is 1. The van der Waals surface area contributed by atoms with Gasteiger partial charge in [-0.15, -0.1) is 0 Å². The van der Waals surface area contributed by atoms with E-state index in [1.807, 2.05) is 25.1 Å². The Morgan fingerprint density at radius 1 is 1.44 bits per heavy atom. The van der Waals surface area contributed by atoms with E-state index in [1.165, 1.54) is 0 Å². The summed E-state index contributed by atoms with van der Waals surface area (Å²) >= 11 is 0. The molecule has 1 heterocycles. The van der Waals surface area contributed by atoms with E-state index in [4.69, 9.17) is 5.11 Å². The lowest BCUT2D eigenvalue weighted by atomic mass is 10.1. The highest BCUT2D eigenvalue weighted by Gasteiger charge is 2.33. The summed E-state index contributed by atoms with van der Waals surface area (Å²) in [6.07, 6.45) is 0.275. The molecule has 1 aromatic carbocycles. The fraction of sp³-hybridized carbons (Fsp3) is 0.588. The summed E-state index contributed by atoms with van der Waals surface area (Å²) in [5.41, 5.74) is 1.79. The van der Waals surface area contributed by atoms with Crippen LogP contribution in [0.1, 0.15) is 18.9 Å². The first kappa shape index (κ1) is 19.8. The van der Waals surface area contributed by atoms with Gasteiger partial charge >= 0.3 is 0 Å². The van der Waals surface area contributed by atoms with E-state index in [1.54, 1.807) is 11.0 Å². The van der Waals surface area contributed by atoms with Crippen LogP contribution < -0.4 is 5.32 Å². The van der Waals surface area contributed by atoms with Crippen molar-refractivity contribution in [2.75, 3.05) is 36.5 Å². The molecule has 2 atom stereocenters. The maximum atomic E-state index is 12.4. The summed E-state index contributed by atoms with van der Waals surface area (Å²) in [6.45, 7) is 1.61. The summed E-state index contributed by atoms with van der Waals surface area (Å²) in [5.74, 6) is -0.212. The van der Waals surface area contributed by atoms with Crippen LogP contribution in [-0.2, 0) is 21.1 Å². The van der Waals surface area contributed by atoms with Crippen molar-refractivity contribution in [1.82, 2.24) is 4.90 Å². The second kappa shape index (κ2) is 8.75. The third kappa shape index (κ3) is 6.07. The summed E-state index contributed by atoms with van der Waals surface area (Å²) in [4.78, 5) is 14.0. The highest BCUT2D eigenvalue weighted by Crippen LogP contribution is 2.18. The second-order valence-electron chi connectivity index (χ2n) is 6.42. The monoisotopic (exact) mass is 370 g/mol. The van der Waals surface area contributed by atoms with Gasteiger partial charge in [0.05, 0.1) is 30.8 Å². The zero-order valence-corrected chi connectivity index (χ0v) is 15.2. The minimum atomic E-state index is -3.10. The molecule has 7 nitrogen and oxygen atoms in total. The number of hydrogen-bond acceptors (Lipinski definition) is 6. The lowest BCUT2D eigenvalue weighted by molar-refractivity contribution is -0.118. The van der Waals surface area contributed by atoms with E-state index in [0.717, 1.165) is 12.0 Å². The smallest absolute Gasteiger partial charge is 0.238 e. The fourth-order valence-corrected chi connectivity index (χ4v) is 4.75. The number of nitrogens with zero attached hydrogens (tertiary/aromatic N) is 1. The third-order valence-electron chi connectivity index (χ3n) is 4.35. The maximum absolute atomic E-state index is 12.4. The summed E-state index contributed by atoms with van der Waals surface area (Å²) < 4.78 is 23.4. The molecule has 25 heavy (non-hydrogen) atoms. The standard InChI is InChI=1S/C17H26N2O5S/c1-2-13-4-3-5-14(8-13)18-17(22)10-19(9-16(21)11-20)15-6-7-25(23,24)12-15/h3-5,8,15-16,20-21H,2,6-7,9-12H2,1H3,(H,18,22). The van der Waals surface area contributed by atoms with Gasteiger partial charge in [0.1, 0.15) is 0 Å². The van der Waals surface area contributed by atoms with Crippen LogP contribution in [-0.4, -0.2) is 72.8 Å². The average Bonchev–Trinajstić information content (AvgIpc) is 2.94. The van der Waals surface area contributed by atoms with Crippen molar-refractivity contribution in [2.24, 2.45) is 0 Å². The molecule has 1 fully saturated rings. The number of aliphatic hydroxyl groups excluding tert-OH is 2. The predicted octanol–water partition coefficient (Wildman–Crippen LogP) is 0.0298. The molecule has 2 unspecified atom stereocenters. The molecule has 0 radical (unpaired) electrons. The number of nitrogens with one attached hydrogen (secondary N) is 1. The minimum Gasteiger partial charge on any atom is -0.394 e. The van der Waals surface area contributed by atoms with Crippen LogP contribution in [0.15, 0.2) is 24.3 Å². The van der Waals surface area contributed by atoms with Crippen molar-refractivity contribution in [3.8, 4) is 0 Å². The number of sulfone groups is 1. The molecule has 0 saturated carbocycles.